The van der Waals surface area contributed by atoms with E-state index >= 15 is 0 Å². The molecule has 0 spiro atoms. The maximum atomic E-state index is 11.4. The van der Waals surface area contributed by atoms with E-state index in [0.29, 0.717) is 45.4 Å². The van der Waals surface area contributed by atoms with Gasteiger partial charge in [-0.1, -0.05) is 0 Å². The molecular formula is C12H24N4O4. The van der Waals surface area contributed by atoms with Crippen LogP contribution in [0.5, 0.6) is 0 Å². The summed E-state index contributed by atoms with van der Waals surface area (Å²) in [6.45, 7) is 1.78. The maximum Gasteiger partial charge on any atom is 0.229 e. The summed E-state index contributed by atoms with van der Waals surface area (Å²) in [5, 5.41) is 30.2. The Labute approximate surface area is 118 Å². The zero-order valence-electron chi connectivity index (χ0n) is 11.5. The second-order valence-electron chi connectivity index (χ2n) is 4.75. The van der Waals surface area contributed by atoms with Crippen molar-refractivity contribution in [1.29, 1.82) is 0 Å². The van der Waals surface area contributed by atoms with E-state index < -0.39 is 12.5 Å². The third-order valence-corrected chi connectivity index (χ3v) is 2.92. The molecular weight excluding hydrogens is 264 g/mol. The van der Waals surface area contributed by atoms with Gasteiger partial charge in [-0.2, -0.15) is 0 Å². The molecule has 8 nitrogen and oxygen atoms in total. The van der Waals surface area contributed by atoms with Crippen molar-refractivity contribution in [2.45, 2.75) is 38.1 Å². The lowest BCUT2D eigenvalue weighted by Crippen LogP contribution is -2.41. The molecule has 0 aromatic carbocycles. The summed E-state index contributed by atoms with van der Waals surface area (Å²) in [5.74, 6) is -0.695. The number of carbonyl (C=O) groups excluding carboxylic acids is 2. The van der Waals surface area contributed by atoms with Gasteiger partial charge in [-0.15, -0.1) is 0 Å². The van der Waals surface area contributed by atoms with Gasteiger partial charge in [0.05, 0.1) is 0 Å². The van der Waals surface area contributed by atoms with Crippen LogP contribution in [0.15, 0.2) is 0 Å². The van der Waals surface area contributed by atoms with E-state index in [1.54, 1.807) is 0 Å². The van der Waals surface area contributed by atoms with Crippen LogP contribution in [0.3, 0.4) is 0 Å². The summed E-state index contributed by atoms with van der Waals surface area (Å²) < 4.78 is 0. The minimum Gasteiger partial charge on any atom is -0.379 e. The monoisotopic (exact) mass is 288 g/mol. The summed E-state index contributed by atoms with van der Waals surface area (Å²) in [4.78, 5) is 22.8. The number of nitrogens with one attached hydrogen (secondary N) is 4. The normalized spacial score (nSPS) is 28.5. The molecule has 0 aliphatic carbocycles. The highest BCUT2D eigenvalue weighted by molar-refractivity contribution is 5.96. The summed E-state index contributed by atoms with van der Waals surface area (Å²) >= 11 is 0. The lowest BCUT2D eigenvalue weighted by molar-refractivity contribution is -0.129. The van der Waals surface area contributed by atoms with Crippen molar-refractivity contribution in [3.8, 4) is 0 Å². The number of carbonyl (C=O) groups is 2. The van der Waals surface area contributed by atoms with Crippen LogP contribution in [0.4, 0.5) is 0 Å². The zero-order valence-corrected chi connectivity index (χ0v) is 11.5. The fourth-order valence-electron chi connectivity index (χ4n) is 1.82. The Morgan fingerprint density at radius 2 is 1.35 bits per heavy atom. The minimum atomic E-state index is -0.726. The lowest BCUT2D eigenvalue weighted by atomic mass is 10.2. The van der Waals surface area contributed by atoms with Gasteiger partial charge in [0, 0.05) is 32.6 Å². The fourth-order valence-corrected chi connectivity index (χ4v) is 1.82. The van der Waals surface area contributed by atoms with Crippen molar-refractivity contribution in [3.05, 3.63) is 0 Å². The second kappa shape index (κ2) is 9.65. The number of aliphatic hydroxyl groups is 2. The molecule has 0 aromatic heterocycles. The highest BCUT2D eigenvalue weighted by atomic mass is 16.3. The van der Waals surface area contributed by atoms with Crippen molar-refractivity contribution in [2.24, 2.45) is 0 Å². The van der Waals surface area contributed by atoms with Gasteiger partial charge in [0.1, 0.15) is 18.9 Å². The smallest absolute Gasteiger partial charge is 0.229 e. The average molecular weight is 288 g/mol. The average Bonchev–Trinajstić information content (AvgIpc) is 2.38. The maximum absolute atomic E-state index is 11.4. The highest BCUT2D eigenvalue weighted by Gasteiger charge is 2.11. The lowest BCUT2D eigenvalue weighted by Gasteiger charge is -2.16. The summed E-state index contributed by atoms with van der Waals surface area (Å²) in [7, 11) is 0. The molecule has 0 bridgehead atoms. The van der Waals surface area contributed by atoms with E-state index in [1.807, 2.05) is 0 Å². The van der Waals surface area contributed by atoms with Gasteiger partial charge in [-0.25, -0.2) is 0 Å². The van der Waals surface area contributed by atoms with Crippen LogP contribution < -0.4 is 21.3 Å². The minimum absolute atomic E-state index is 0.218. The molecule has 0 radical (unpaired) electrons. The number of aliphatic hydroxyl groups excluding tert-OH is 2. The number of rotatable bonds is 0. The van der Waals surface area contributed by atoms with E-state index in [9.17, 15) is 19.8 Å². The molecule has 2 atom stereocenters. The van der Waals surface area contributed by atoms with Crippen molar-refractivity contribution in [3.63, 3.8) is 0 Å². The number of hydrogen-bond donors (Lipinski definition) is 6. The standard InChI is InChI=1S/C12H24N4O4/c17-9-2-1-4-13-11(19)8-12(20)14-5-3-10(18)16-7-6-15-9/h9-10,15-18H,1-8H2,(H,13,19)(H,14,20). The third kappa shape index (κ3) is 8.05. The Bertz CT molecular complexity index is 314. The van der Waals surface area contributed by atoms with Gasteiger partial charge in [0.25, 0.3) is 0 Å². The molecule has 1 rings (SSSR count). The molecule has 2 amide bonds. The summed E-state index contributed by atoms with van der Waals surface area (Å²) in [6, 6.07) is 0. The first kappa shape index (κ1) is 16.8. The van der Waals surface area contributed by atoms with Gasteiger partial charge < -0.3 is 20.8 Å². The predicted molar refractivity (Wildman–Crippen MR) is 72.5 cm³/mol. The first-order chi connectivity index (χ1) is 9.58. The molecule has 0 aromatic rings. The third-order valence-electron chi connectivity index (χ3n) is 2.92. The quantitative estimate of drug-likeness (QED) is 0.277. The molecule has 116 valence electrons. The molecule has 1 fully saturated rings. The molecule has 2 unspecified atom stereocenters. The van der Waals surface area contributed by atoms with Gasteiger partial charge in [-0.3, -0.25) is 20.2 Å². The Hall–Kier alpha value is -1.22. The van der Waals surface area contributed by atoms with Crippen LogP contribution in [-0.4, -0.2) is 60.7 Å². The van der Waals surface area contributed by atoms with E-state index in [0.717, 1.165) is 0 Å². The molecule has 0 saturated carbocycles. The Balaban J connectivity index is 2.38. The van der Waals surface area contributed by atoms with Crippen LogP contribution in [-0.2, 0) is 9.59 Å². The topological polar surface area (TPSA) is 123 Å². The van der Waals surface area contributed by atoms with Crippen LogP contribution in [0, 0.1) is 0 Å². The van der Waals surface area contributed by atoms with E-state index in [-0.39, 0.29) is 18.2 Å². The Kier molecular flexibility index (Phi) is 8.12. The number of amides is 2. The van der Waals surface area contributed by atoms with Crippen molar-refractivity contribution >= 4 is 11.8 Å². The Morgan fingerprint density at radius 3 is 2.00 bits per heavy atom. The molecule has 1 aliphatic rings. The van der Waals surface area contributed by atoms with Crippen molar-refractivity contribution in [1.82, 2.24) is 21.3 Å². The largest absolute Gasteiger partial charge is 0.379 e. The van der Waals surface area contributed by atoms with Crippen LogP contribution in [0.1, 0.15) is 25.7 Å². The van der Waals surface area contributed by atoms with E-state index in [1.165, 1.54) is 0 Å². The fraction of sp³-hybridized carbons (Fsp3) is 0.833. The molecule has 8 heteroatoms. The first-order valence-corrected chi connectivity index (χ1v) is 6.94. The van der Waals surface area contributed by atoms with Crippen molar-refractivity contribution in [2.75, 3.05) is 26.2 Å². The zero-order chi connectivity index (χ0) is 14.8. The van der Waals surface area contributed by atoms with Gasteiger partial charge in [0.15, 0.2) is 0 Å². The van der Waals surface area contributed by atoms with E-state index in [2.05, 4.69) is 21.3 Å². The van der Waals surface area contributed by atoms with Gasteiger partial charge in [0.2, 0.25) is 11.8 Å². The molecule has 20 heavy (non-hydrogen) atoms. The predicted octanol–water partition coefficient (Wildman–Crippen LogP) is -2.39. The Morgan fingerprint density at radius 1 is 0.800 bits per heavy atom. The molecule has 1 aliphatic heterocycles. The van der Waals surface area contributed by atoms with Gasteiger partial charge in [-0.05, 0) is 12.8 Å². The van der Waals surface area contributed by atoms with Crippen LogP contribution >= 0.6 is 0 Å². The van der Waals surface area contributed by atoms with Crippen molar-refractivity contribution < 1.29 is 19.8 Å². The molecule has 1 heterocycles. The SMILES string of the molecule is O=C1CC(=O)NCCC(O)NCCNC(O)CCCN1. The highest BCUT2D eigenvalue weighted by Crippen LogP contribution is 1.93. The summed E-state index contributed by atoms with van der Waals surface area (Å²) in [5.41, 5.74) is 0. The van der Waals surface area contributed by atoms with Crippen LogP contribution in [0.25, 0.3) is 0 Å². The molecule has 1 saturated heterocycles. The van der Waals surface area contributed by atoms with E-state index in [4.69, 9.17) is 0 Å². The summed E-state index contributed by atoms with van der Waals surface area (Å²) in [6.07, 6.45) is -0.0923. The second-order valence-corrected chi connectivity index (χ2v) is 4.75. The first-order valence-electron chi connectivity index (χ1n) is 6.94. The van der Waals surface area contributed by atoms with Gasteiger partial charge >= 0.3 is 0 Å². The number of hydrogen-bond acceptors (Lipinski definition) is 6. The molecule has 6 N–H and O–H groups in total. The van der Waals surface area contributed by atoms with Crippen LogP contribution in [0.2, 0.25) is 0 Å².